The number of benzene rings is 5. The molecule has 0 amide bonds. The molecule has 0 fully saturated rings. The average molecular weight is 941 g/mol. The van der Waals surface area contributed by atoms with Gasteiger partial charge in [0, 0.05) is 42.6 Å². The second-order valence-electron chi connectivity index (χ2n) is 19.0. The van der Waals surface area contributed by atoms with Gasteiger partial charge in [-0.25, -0.2) is 0 Å². The molecule has 0 N–H and O–H groups in total. The Bertz CT molecular complexity index is 2730. The molecular weight excluding hydrogens is 889 g/mol. The fourth-order valence-electron chi connectivity index (χ4n) is 8.27. The number of rotatable bonds is 2. The summed E-state index contributed by atoms with van der Waals surface area (Å²) in [4.78, 5) is 9.48. The molecule has 0 saturated carbocycles. The number of thiophene rings is 1. The summed E-state index contributed by atoms with van der Waals surface area (Å²) in [7, 11) is 0. The zero-order valence-electron chi connectivity index (χ0n) is 35.1. The van der Waals surface area contributed by atoms with Crippen LogP contribution in [0.15, 0.2) is 116 Å². The molecule has 0 atom stereocenters. The van der Waals surface area contributed by atoms with Gasteiger partial charge in [0.2, 0.25) is 0 Å². The van der Waals surface area contributed by atoms with E-state index in [1.54, 1.807) is 0 Å². The number of aromatic nitrogens is 2. The summed E-state index contributed by atoms with van der Waals surface area (Å²) in [5.74, 6) is 0. The van der Waals surface area contributed by atoms with Crippen molar-refractivity contribution in [3.63, 3.8) is 0 Å². The molecule has 9 rings (SSSR count). The maximum Gasteiger partial charge on any atom is 0.0242 e. The second kappa shape index (κ2) is 14.7. The van der Waals surface area contributed by atoms with Gasteiger partial charge in [-0.05, 0) is 100 Å². The van der Waals surface area contributed by atoms with Gasteiger partial charge >= 0.3 is 0 Å². The minimum absolute atomic E-state index is 0. The van der Waals surface area contributed by atoms with Gasteiger partial charge in [-0.15, -0.1) is 59.2 Å². The van der Waals surface area contributed by atoms with E-state index in [4.69, 9.17) is 4.98 Å². The molecule has 3 aromatic heterocycles. The summed E-state index contributed by atoms with van der Waals surface area (Å²) in [6, 6.07) is 44.4. The van der Waals surface area contributed by atoms with Crippen molar-refractivity contribution in [2.24, 2.45) is 0 Å². The molecule has 2 nitrogen and oxygen atoms in total. The Labute approximate surface area is 357 Å². The van der Waals surface area contributed by atoms with Crippen LogP contribution in [0.25, 0.3) is 64.6 Å². The molecule has 1 radical (unpaired) electrons. The normalized spacial score (nSPS) is 13.5. The molecule has 0 bridgehead atoms. The number of hydrogen-bond acceptors (Lipinski definition) is 3. The van der Waals surface area contributed by atoms with E-state index >= 15 is 0 Å². The van der Waals surface area contributed by atoms with Gasteiger partial charge in [-0.1, -0.05) is 136 Å². The molecule has 0 aliphatic heterocycles. The predicted octanol–water partition coefficient (Wildman–Crippen LogP) is 14.8. The third-order valence-corrected chi connectivity index (χ3v) is 12.6. The SMILES string of the molecule is CC(C)(C)c1cc[c-]c(-c2cc(C(C)(C)C)ccn2)c1.CC(C)(C)c1ccc2c(c1)sc1c[c-]c(-c3nccc4c3C(C)(C)c3c-4ccc4ccccc34)cc12.[Ir]. The number of fused-ring (bicyclic) bond motifs is 8. The minimum Gasteiger partial charge on any atom is -0.305 e. The molecule has 8 aromatic rings. The van der Waals surface area contributed by atoms with Gasteiger partial charge in [0.25, 0.3) is 0 Å². The van der Waals surface area contributed by atoms with Gasteiger partial charge in [0.1, 0.15) is 0 Å². The summed E-state index contributed by atoms with van der Waals surface area (Å²) >= 11 is 1.86. The summed E-state index contributed by atoms with van der Waals surface area (Å²) in [5, 5.41) is 5.24. The molecule has 291 valence electrons. The van der Waals surface area contributed by atoms with Crippen LogP contribution < -0.4 is 0 Å². The van der Waals surface area contributed by atoms with Crippen molar-refractivity contribution in [2.75, 3.05) is 0 Å². The monoisotopic (exact) mass is 941 g/mol. The molecule has 1 aliphatic carbocycles. The second-order valence-corrected chi connectivity index (χ2v) is 20.1. The quantitative estimate of drug-likeness (QED) is 0.161. The van der Waals surface area contributed by atoms with Crippen molar-refractivity contribution in [3.8, 4) is 33.6 Å². The van der Waals surface area contributed by atoms with Crippen LogP contribution >= 0.6 is 11.3 Å². The van der Waals surface area contributed by atoms with Gasteiger partial charge < -0.3 is 9.97 Å². The summed E-state index contributed by atoms with van der Waals surface area (Å²) < 4.78 is 2.62. The molecule has 0 spiro atoms. The maximum absolute atomic E-state index is 4.97. The Morgan fingerprint density at radius 2 is 1.21 bits per heavy atom. The molecule has 57 heavy (non-hydrogen) atoms. The van der Waals surface area contributed by atoms with Crippen molar-refractivity contribution < 1.29 is 20.1 Å². The van der Waals surface area contributed by atoms with E-state index in [0.29, 0.717) is 0 Å². The fourth-order valence-corrected chi connectivity index (χ4v) is 9.37. The molecular formula is C53H52IrN2S-2. The van der Waals surface area contributed by atoms with Gasteiger partial charge in [-0.3, -0.25) is 0 Å². The number of nitrogens with zero attached hydrogens (tertiary/aromatic N) is 2. The van der Waals surface area contributed by atoms with Crippen LogP contribution in [0.3, 0.4) is 0 Å². The van der Waals surface area contributed by atoms with Gasteiger partial charge in [-0.2, -0.15) is 11.3 Å². The Morgan fingerprint density at radius 3 is 1.95 bits per heavy atom. The Balaban J connectivity index is 0.000000202. The van der Waals surface area contributed by atoms with Crippen LogP contribution in [0.2, 0.25) is 0 Å². The topological polar surface area (TPSA) is 25.8 Å². The van der Waals surface area contributed by atoms with Gasteiger partial charge in [0.05, 0.1) is 0 Å². The van der Waals surface area contributed by atoms with Crippen molar-refractivity contribution in [2.45, 2.75) is 97.8 Å². The predicted molar refractivity (Wildman–Crippen MR) is 241 cm³/mol. The zero-order chi connectivity index (χ0) is 39.8. The maximum atomic E-state index is 4.97. The number of pyridine rings is 2. The molecule has 5 aromatic carbocycles. The average Bonchev–Trinajstić information content (AvgIpc) is 3.65. The fraction of sp³-hybridized carbons (Fsp3) is 0.283. The molecule has 4 heteroatoms. The smallest absolute Gasteiger partial charge is 0.0242 e. The summed E-state index contributed by atoms with van der Waals surface area (Å²) in [6.45, 7) is 24.9. The van der Waals surface area contributed by atoms with Crippen LogP contribution in [0, 0.1) is 12.1 Å². The zero-order valence-corrected chi connectivity index (χ0v) is 38.3. The van der Waals surface area contributed by atoms with Crippen molar-refractivity contribution in [1.29, 1.82) is 0 Å². The van der Waals surface area contributed by atoms with Crippen LogP contribution in [-0.4, -0.2) is 9.97 Å². The van der Waals surface area contributed by atoms with E-state index in [2.05, 4.69) is 190 Å². The van der Waals surface area contributed by atoms with E-state index in [1.165, 1.54) is 69.9 Å². The first-order valence-electron chi connectivity index (χ1n) is 19.8. The van der Waals surface area contributed by atoms with E-state index in [9.17, 15) is 0 Å². The number of hydrogen-bond donors (Lipinski definition) is 0. The van der Waals surface area contributed by atoms with Crippen LogP contribution in [0.4, 0.5) is 0 Å². The third-order valence-electron chi connectivity index (χ3n) is 11.5. The minimum atomic E-state index is -0.157. The summed E-state index contributed by atoms with van der Waals surface area (Å²) in [5.41, 5.74) is 13.8. The molecule has 1 aliphatic rings. The van der Waals surface area contributed by atoms with E-state index < -0.39 is 0 Å². The summed E-state index contributed by atoms with van der Waals surface area (Å²) in [6.07, 6.45) is 3.86. The molecule has 0 unspecified atom stereocenters. The van der Waals surface area contributed by atoms with E-state index in [1.807, 2.05) is 29.8 Å². The Hall–Kier alpha value is -4.47. The van der Waals surface area contributed by atoms with Crippen molar-refractivity contribution in [1.82, 2.24) is 9.97 Å². The Kier molecular flexibility index (Phi) is 10.5. The van der Waals surface area contributed by atoms with E-state index in [0.717, 1.165) is 22.5 Å². The standard InChI is InChI=1S/C34H28NS.C19H24N.Ir/c1-33(2,3)22-12-14-24-27-18-21(11-15-28(27)36-29(24)19-22)32-31-26(16-17-35-32)25-13-10-20-8-6-7-9-23(20)30(25)34(31,4)5;1-18(2,3)15-9-7-8-14(12-15)17-13-16(10-11-20-17)19(4,5)6;/h6-10,12-19H,1-5H3;7,9-13H,1-6H3;/q2*-1;. The first kappa shape index (κ1) is 40.7. The van der Waals surface area contributed by atoms with Crippen LogP contribution in [0.1, 0.15) is 104 Å². The van der Waals surface area contributed by atoms with Crippen LogP contribution in [0.5, 0.6) is 0 Å². The first-order valence-corrected chi connectivity index (χ1v) is 20.6. The van der Waals surface area contributed by atoms with Crippen LogP contribution in [-0.2, 0) is 41.8 Å². The Morgan fingerprint density at radius 1 is 0.544 bits per heavy atom. The van der Waals surface area contributed by atoms with Crippen molar-refractivity contribution in [3.05, 3.63) is 155 Å². The molecule has 3 heterocycles. The largest absolute Gasteiger partial charge is 0.305 e. The van der Waals surface area contributed by atoms with Crippen molar-refractivity contribution >= 4 is 42.3 Å². The molecule has 0 saturated heterocycles. The third kappa shape index (κ3) is 7.53. The van der Waals surface area contributed by atoms with E-state index in [-0.39, 0.29) is 41.8 Å². The first-order chi connectivity index (χ1) is 26.4. The van der Waals surface area contributed by atoms with Gasteiger partial charge in [0.15, 0.2) is 0 Å².